The molecule has 5 nitrogen and oxygen atoms in total. The van der Waals surface area contributed by atoms with E-state index in [-0.39, 0.29) is 4.90 Å². The molecule has 0 aliphatic carbocycles. The molecule has 96 valence electrons. The number of halogens is 2. The largest absolute Gasteiger partial charge is 0.264 e. The summed E-state index contributed by atoms with van der Waals surface area (Å²) in [7, 11) is -1.99. The fraction of sp³-hybridized carbons (Fsp3) is 0.100. The van der Waals surface area contributed by atoms with Gasteiger partial charge in [-0.15, -0.1) is 0 Å². The highest BCUT2D eigenvalue weighted by Crippen LogP contribution is 2.27. The fourth-order valence-corrected chi connectivity index (χ4v) is 3.94. The van der Waals surface area contributed by atoms with Crippen LogP contribution in [0, 0.1) is 0 Å². The van der Waals surface area contributed by atoms with Crippen LogP contribution < -0.4 is 4.72 Å². The maximum absolute atomic E-state index is 12.2. The highest BCUT2D eigenvalue weighted by atomic mass is 79.9. The molecule has 0 amide bonds. The monoisotopic (exact) mass is 393 g/mol. The van der Waals surface area contributed by atoms with Crippen molar-refractivity contribution < 1.29 is 8.42 Å². The molecule has 1 aromatic heterocycles. The van der Waals surface area contributed by atoms with Gasteiger partial charge in [-0.3, -0.25) is 9.40 Å². The predicted molar refractivity (Wildman–Crippen MR) is 75.9 cm³/mol. The first-order valence-corrected chi connectivity index (χ1v) is 7.93. The van der Waals surface area contributed by atoms with Crippen molar-refractivity contribution in [1.82, 2.24) is 9.78 Å². The summed E-state index contributed by atoms with van der Waals surface area (Å²) >= 11 is 6.48. The van der Waals surface area contributed by atoms with Gasteiger partial charge in [0.1, 0.15) is 10.7 Å². The number of nitrogens with one attached hydrogen (secondary N) is 1. The standard InChI is InChI=1S/C10H9Br2N3O2S/c1-15-10(4-5-13-15)14-18(16,17)9-6-7(11)2-3-8(9)12/h2-6,14H,1H3. The van der Waals surface area contributed by atoms with Crippen molar-refractivity contribution in [1.29, 1.82) is 0 Å². The summed E-state index contributed by atoms with van der Waals surface area (Å²) in [5, 5.41) is 3.90. The Kier molecular flexibility index (Phi) is 3.79. The molecule has 0 radical (unpaired) electrons. The minimum Gasteiger partial charge on any atom is -0.264 e. The molecule has 2 aromatic rings. The second-order valence-electron chi connectivity index (χ2n) is 3.52. The Morgan fingerprint density at radius 2 is 2.00 bits per heavy atom. The number of sulfonamides is 1. The van der Waals surface area contributed by atoms with Gasteiger partial charge in [0.15, 0.2) is 0 Å². The van der Waals surface area contributed by atoms with Crippen LogP contribution in [0.1, 0.15) is 0 Å². The molecule has 0 spiro atoms. The van der Waals surface area contributed by atoms with Gasteiger partial charge in [0, 0.05) is 22.1 Å². The first-order valence-electron chi connectivity index (χ1n) is 4.86. The minimum absolute atomic E-state index is 0.165. The van der Waals surface area contributed by atoms with E-state index >= 15 is 0 Å². The zero-order valence-corrected chi connectivity index (χ0v) is 13.3. The Labute approximate surface area is 122 Å². The Hall–Kier alpha value is -0.860. The van der Waals surface area contributed by atoms with E-state index in [0.717, 1.165) is 0 Å². The van der Waals surface area contributed by atoms with Crippen LogP contribution in [0.15, 0.2) is 44.3 Å². The van der Waals surface area contributed by atoms with Gasteiger partial charge >= 0.3 is 0 Å². The molecule has 0 fully saturated rings. The predicted octanol–water partition coefficient (Wildman–Crippen LogP) is 2.75. The average Bonchev–Trinajstić information content (AvgIpc) is 2.67. The molecular formula is C10H9Br2N3O2S. The Morgan fingerprint density at radius 3 is 2.61 bits per heavy atom. The van der Waals surface area contributed by atoms with Crippen LogP contribution in [0.25, 0.3) is 0 Å². The number of rotatable bonds is 3. The minimum atomic E-state index is -3.65. The quantitative estimate of drug-likeness (QED) is 0.870. The SMILES string of the molecule is Cn1nccc1NS(=O)(=O)c1cc(Br)ccc1Br. The summed E-state index contributed by atoms with van der Waals surface area (Å²) in [4.78, 5) is 0.165. The van der Waals surface area contributed by atoms with Gasteiger partial charge in [0.25, 0.3) is 10.0 Å². The molecule has 0 saturated carbocycles. The number of benzene rings is 1. The Bertz CT molecular complexity index is 682. The van der Waals surface area contributed by atoms with Crippen molar-refractivity contribution >= 4 is 47.7 Å². The summed E-state index contributed by atoms with van der Waals surface area (Å²) in [6.07, 6.45) is 1.52. The zero-order chi connectivity index (χ0) is 13.3. The van der Waals surface area contributed by atoms with Crippen LogP contribution in [-0.2, 0) is 17.1 Å². The van der Waals surface area contributed by atoms with E-state index in [0.29, 0.717) is 14.8 Å². The Morgan fingerprint density at radius 1 is 1.28 bits per heavy atom. The van der Waals surface area contributed by atoms with E-state index in [1.54, 1.807) is 25.2 Å². The number of nitrogens with zero attached hydrogens (tertiary/aromatic N) is 2. The van der Waals surface area contributed by atoms with E-state index in [9.17, 15) is 8.42 Å². The summed E-state index contributed by atoms with van der Waals surface area (Å²) in [5.74, 6) is 0.405. The summed E-state index contributed by atoms with van der Waals surface area (Å²) < 4.78 is 29.6. The van der Waals surface area contributed by atoms with E-state index in [2.05, 4.69) is 41.7 Å². The summed E-state index contributed by atoms with van der Waals surface area (Å²) in [6, 6.07) is 6.54. The lowest BCUT2D eigenvalue weighted by Crippen LogP contribution is -2.15. The average molecular weight is 395 g/mol. The van der Waals surface area contributed by atoms with Crippen molar-refractivity contribution in [2.24, 2.45) is 7.05 Å². The summed E-state index contributed by atoms with van der Waals surface area (Å²) in [5.41, 5.74) is 0. The molecular weight excluding hydrogens is 386 g/mol. The summed E-state index contributed by atoms with van der Waals surface area (Å²) in [6.45, 7) is 0. The third-order valence-electron chi connectivity index (χ3n) is 2.24. The third kappa shape index (κ3) is 2.76. The zero-order valence-electron chi connectivity index (χ0n) is 9.26. The van der Waals surface area contributed by atoms with Crippen LogP contribution in [-0.4, -0.2) is 18.2 Å². The normalized spacial score (nSPS) is 11.5. The second kappa shape index (κ2) is 5.02. The lowest BCUT2D eigenvalue weighted by atomic mass is 10.4. The highest BCUT2D eigenvalue weighted by Gasteiger charge is 2.19. The maximum Gasteiger partial charge on any atom is 0.264 e. The van der Waals surface area contributed by atoms with Gasteiger partial charge in [-0.2, -0.15) is 5.10 Å². The van der Waals surface area contributed by atoms with Gasteiger partial charge < -0.3 is 0 Å². The van der Waals surface area contributed by atoms with E-state index in [4.69, 9.17) is 0 Å². The smallest absolute Gasteiger partial charge is 0.264 e. The molecule has 1 aromatic carbocycles. The molecule has 2 rings (SSSR count). The van der Waals surface area contributed by atoms with Crippen molar-refractivity contribution in [3.8, 4) is 0 Å². The fourth-order valence-electron chi connectivity index (χ4n) is 1.35. The number of hydrogen-bond acceptors (Lipinski definition) is 3. The van der Waals surface area contributed by atoms with E-state index < -0.39 is 10.0 Å². The molecule has 0 bridgehead atoms. The van der Waals surface area contributed by atoms with E-state index in [1.165, 1.54) is 16.9 Å². The second-order valence-corrected chi connectivity index (χ2v) is 6.94. The number of aryl methyl sites for hydroxylation is 1. The van der Waals surface area contributed by atoms with Crippen LogP contribution in [0.3, 0.4) is 0 Å². The lowest BCUT2D eigenvalue weighted by molar-refractivity contribution is 0.599. The van der Waals surface area contributed by atoms with Gasteiger partial charge in [-0.25, -0.2) is 8.42 Å². The number of aromatic nitrogens is 2. The molecule has 0 unspecified atom stereocenters. The van der Waals surface area contributed by atoms with Gasteiger partial charge in [0.2, 0.25) is 0 Å². The molecule has 0 saturated heterocycles. The molecule has 0 aliphatic heterocycles. The third-order valence-corrected chi connectivity index (χ3v) is 5.08. The van der Waals surface area contributed by atoms with Crippen LogP contribution >= 0.6 is 31.9 Å². The molecule has 0 atom stereocenters. The van der Waals surface area contributed by atoms with Gasteiger partial charge in [-0.05, 0) is 34.1 Å². The lowest BCUT2D eigenvalue weighted by Gasteiger charge is -2.09. The first kappa shape index (κ1) is 13.6. The van der Waals surface area contributed by atoms with Crippen LogP contribution in [0.2, 0.25) is 0 Å². The van der Waals surface area contributed by atoms with Gasteiger partial charge in [-0.1, -0.05) is 15.9 Å². The van der Waals surface area contributed by atoms with Crippen molar-refractivity contribution in [3.63, 3.8) is 0 Å². The van der Waals surface area contributed by atoms with Gasteiger partial charge in [0.05, 0.1) is 6.20 Å². The van der Waals surface area contributed by atoms with Crippen molar-refractivity contribution in [2.45, 2.75) is 4.90 Å². The molecule has 1 N–H and O–H groups in total. The van der Waals surface area contributed by atoms with Crippen molar-refractivity contribution in [2.75, 3.05) is 4.72 Å². The highest BCUT2D eigenvalue weighted by molar-refractivity contribution is 9.11. The number of anilines is 1. The molecule has 18 heavy (non-hydrogen) atoms. The first-order chi connectivity index (χ1) is 8.40. The van der Waals surface area contributed by atoms with Crippen molar-refractivity contribution in [3.05, 3.63) is 39.4 Å². The Balaban J connectivity index is 2.43. The topological polar surface area (TPSA) is 64.0 Å². The van der Waals surface area contributed by atoms with Crippen LogP contribution in [0.4, 0.5) is 5.82 Å². The maximum atomic E-state index is 12.2. The molecule has 1 heterocycles. The molecule has 8 heteroatoms. The number of hydrogen-bond donors (Lipinski definition) is 1. The molecule has 0 aliphatic rings. The van der Waals surface area contributed by atoms with E-state index in [1.807, 2.05) is 0 Å². The van der Waals surface area contributed by atoms with Crippen LogP contribution in [0.5, 0.6) is 0 Å².